The van der Waals surface area contributed by atoms with E-state index in [9.17, 15) is 0 Å². The van der Waals surface area contributed by atoms with E-state index in [1.54, 1.807) is 0 Å². The summed E-state index contributed by atoms with van der Waals surface area (Å²) in [5.41, 5.74) is 2.67. The summed E-state index contributed by atoms with van der Waals surface area (Å²) >= 11 is 2.38. The molecule has 0 aliphatic carbocycles. The first kappa shape index (κ1) is 14.1. The first-order valence-corrected chi connectivity index (χ1v) is 8.02. The van der Waals surface area contributed by atoms with Crippen molar-refractivity contribution in [3.63, 3.8) is 0 Å². The third-order valence-corrected chi connectivity index (χ3v) is 4.50. The number of rotatable bonds is 3. The van der Waals surface area contributed by atoms with Gasteiger partial charge in [0.05, 0.1) is 0 Å². The summed E-state index contributed by atoms with van der Waals surface area (Å²) in [6, 6.07) is 7.28. The van der Waals surface area contributed by atoms with Crippen LogP contribution in [-0.4, -0.2) is 30.6 Å². The Balaban J connectivity index is 1.98. The van der Waals surface area contributed by atoms with Gasteiger partial charge in [0.1, 0.15) is 0 Å². The second-order valence-corrected chi connectivity index (χ2v) is 6.41. The molecule has 0 bridgehead atoms. The summed E-state index contributed by atoms with van der Waals surface area (Å²) in [5.74, 6) is 0. The maximum absolute atomic E-state index is 3.74. The van der Waals surface area contributed by atoms with Gasteiger partial charge in [0.15, 0.2) is 0 Å². The third kappa shape index (κ3) is 3.85. The van der Waals surface area contributed by atoms with Crippen molar-refractivity contribution in [1.29, 1.82) is 0 Å². The number of nitrogens with one attached hydrogen (secondary N) is 1. The Kier molecular flexibility index (Phi) is 5.30. The second-order valence-electron chi connectivity index (χ2n) is 5.17. The highest BCUT2D eigenvalue weighted by Crippen LogP contribution is 2.22. The number of hydrogen-bond donors (Lipinski definition) is 1. The number of likely N-dealkylation sites (tertiary alicyclic amines) is 1. The van der Waals surface area contributed by atoms with E-state index in [0.717, 1.165) is 0 Å². The first-order chi connectivity index (χ1) is 8.69. The fraction of sp³-hybridized carbons (Fsp3) is 0.600. The van der Waals surface area contributed by atoms with Crippen LogP contribution in [0.25, 0.3) is 0 Å². The predicted octanol–water partition coefficient (Wildman–Crippen LogP) is 3.89. The molecule has 1 aromatic rings. The molecule has 1 aliphatic heterocycles. The Morgan fingerprint density at radius 2 is 2.17 bits per heavy atom. The van der Waals surface area contributed by atoms with Crippen LogP contribution in [0, 0.1) is 10.5 Å². The van der Waals surface area contributed by atoms with Crippen molar-refractivity contribution in [2.45, 2.75) is 39.2 Å². The van der Waals surface area contributed by atoms with Gasteiger partial charge in [-0.25, -0.2) is 0 Å². The Morgan fingerprint density at radius 3 is 2.94 bits per heavy atom. The molecule has 0 amide bonds. The molecule has 2 rings (SSSR count). The van der Waals surface area contributed by atoms with Gasteiger partial charge >= 0.3 is 0 Å². The van der Waals surface area contributed by atoms with Crippen LogP contribution in [0.4, 0.5) is 5.69 Å². The van der Waals surface area contributed by atoms with Crippen molar-refractivity contribution in [2.75, 3.05) is 25.0 Å². The van der Waals surface area contributed by atoms with Crippen LogP contribution in [-0.2, 0) is 0 Å². The fourth-order valence-electron chi connectivity index (χ4n) is 2.59. The average molecular weight is 358 g/mol. The van der Waals surface area contributed by atoms with E-state index < -0.39 is 0 Å². The Hall–Kier alpha value is -0.290. The maximum atomic E-state index is 3.74. The van der Waals surface area contributed by atoms with E-state index in [0.29, 0.717) is 6.04 Å². The van der Waals surface area contributed by atoms with Crippen LogP contribution in [0.5, 0.6) is 0 Å². The molecule has 0 saturated carbocycles. The summed E-state index contributed by atoms with van der Waals surface area (Å²) in [5, 5.41) is 3.74. The molecule has 0 radical (unpaired) electrons. The lowest BCUT2D eigenvalue weighted by Crippen LogP contribution is -2.26. The minimum Gasteiger partial charge on any atom is -0.382 e. The zero-order valence-corrected chi connectivity index (χ0v) is 13.5. The van der Waals surface area contributed by atoms with Crippen molar-refractivity contribution in [1.82, 2.24) is 4.90 Å². The van der Waals surface area contributed by atoms with Crippen LogP contribution in [0.15, 0.2) is 18.2 Å². The number of hydrogen-bond acceptors (Lipinski definition) is 2. The van der Waals surface area contributed by atoms with Gasteiger partial charge < -0.3 is 10.2 Å². The molecular formula is C15H23IN2. The van der Waals surface area contributed by atoms with E-state index in [1.165, 1.54) is 53.7 Å². The molecule has 1 heterocycles. The zero-order valence-electron chi connectivity index (χ0n) is 11.4. The van der Waals surface area contributed by atoms with E-state index in [4.69, 9.17) is 0 Å². The molecule has 1 aromatic carbocycles. The van der Waals surface area contributed by atoms with E-state index in [2.05, 4.69) is 64.9 Å². The van der Waals surface area contributed by atoms with Gasteiger partial charge in [-0.05, 0) is 79.6 Å². The van der Waals surface area contributed by atoms with Crippen molar-refractivity contribution < 1.29 is 0 Å². The van der Waals surface area contributed by atoms with Gasteiger partial charge in [-0.2, -0.15) is 0 Å². The van der Waals surface area contributed by atoms with Gasteiger partial charge in [0, 0.05) is 21.8 Å². The van der Waals surface area contributed by atoms with Crippen LogP contribution >= 0.6 is 22.6 Å². The highest BCUT2D eigenvalue weighted by atomic mass is 127. The first-order valence-electron chi connectivity index (χ1n) is 6.94. The number of aryl methyl sites for hydroxylation is 1. The molecule has 3 heteroatoms. The zero-order chi connectivity index (χ0) is 13.0. The molecule has 1 fully saturated rings. The minimum atomic E-state index is 0.637. The molecule has 0 aromatic heterocycles. The summed E-state index contributed by atoms with van der Waals surface area (Å²) in [4.78, 5) is 2.56. The molecule has 0 spiro atoms. The molecule has 1 N–H and O–H groups in total. The number of anilines is 1. The molecule has 1 saturated heterocycles. The summed E-state index contributed by atoms with van der Waals surface area (Å²) < 4.78 is 1.31. The van der Waals surface area contributed by atoms with E-state index in [1.807, 2.05) is 0 Å². The van der Waals surface area contributed by atoms with E-state index in [-0.39, 0.29) is 0 Å². The number of benzene rings is 1. The molecule has 1 unspecified atom stereocenters. The van der Waals surface area contributed by atoms with Gasteiger partial charge in [0.2, 0.25) is 0 Å². The van der Waals surface area contributed by atoms with Gasteiger partial charge in [0.25, 0.3) is 0 Å². The standard InChI is InChI=1S/C15H23IN2/c1-3-18-9-4-5-14(8-10-18)17-15-11-13(16)7-6-12(15)2/h6-7,11,14,17H,3-5,8-10H2,1-2H3. The van der Waals surface area contributed by atoms with Crippen molar-refractivity contribution in [3.05, 3.63) is 27.3 Å². The van der Waals surface area contributed by atoms with Gasteiger partial charge in [-0.3, -0.25) is 0 Å². The lowest BCUT2D eigenvalue weighted by Gasteiger charge is -2.20. The normalized spacial score (nSPS) is 21.6. The molecular weight excluding hydrogens is 335 g/mol. The third-order valence-electron chi connectivity index (χ3n) is 3.83. The van der Waals surface area contributed by atoms with Gasteiger partial charge in [-0.15, -0.1) is 0 Å². The number of halogens is 1. The van der Waals surface area contributed by atoms with E-state index >= 15 is 0 Å². The summed E-state index contributed by atoms with van der Waals surface area (Å²) in [7, 11) is 0. The van der Waals surface area contributed by atoms with Crippen LogP contribution in [0.1, 0.15) is 31.7 Å². The quantitative estimate of drug-likeness (QED) is 0.825. The highest BCUT2D eigenvalue weighted by molar-refractivity contribution is 14.1. The Morgan fingerprint density at radius 1 is 1.33 bits per heavy atom. The second kappa shape index (κ2) is 6.75. The predicted molar refractivity (Wildman–Crippen MR) is 87.3 cm³/mol. The number of nitrogens with zero attached hydrogens (tertiary/aromatic N) is 1. The monoisotopic (exact) mass is 358 g/mol. The van der Waals surface area contributed by atoms with Crippen molar-refractivity contribution in [2.24, 2.45) is 0 Å². The minimum absolute atomic E-state index is 0.637. The molecule has 18 heavy (non-hydrogen) atoms. The van der Waals surface area contributed by atoms with Crippen LogP contribution in [0.2, 0.25) is 0 Å². The fourth-order valence-corrected chi connectivity index (χ4v) is 3.08. The van der Waals surface area contributed by atoms with Crippen molar-refractivity contribution >= 4 is 28.3 Å². The van der Waals surface area contributed by atoms with Gasteiger partial charge in [-0.1, -0.05) is 13.0 Å². The summed E-state index contributed by atoms with van der Waals surface area (Å²) in [6.07, 6.45) is 3.87. The summed E-state index contributed by atoms with van der Waals surface area (Å²) in [6.45, 7) is 8.14. The van der Waals surface area contributed by atoms with Crippen LogP contribution < -0.4 is 5.32 Å². The maximum Gasteiger partial charge on any atom is 0.0382 e. The van der Waals surface area contributed by atoms with Crippen molar-refractivity contribution in [3.8, 4) is 0 Å². The lowest BCUT2D eigenvalue weighted by molar-refractivity contribution is 0.300. The largest absolute Gasteiger partial charge is 0.382 e. The topological polar surface area (TPSA) is 15.3 Å². The average Bonchev–Trinajstić information content (AvgIpc) is 2.59. The van der Waals surface area contributed by atoms with Crippen LogP contribution in [0.3, 0.4) is 0 Å². The SMILES string of the molecule is CCN1CCCC(Nc2cc(I)ccc2C)CC1. The molecule has 2 nitrogen and oxygen atoms in total. The molecule has 100 valence electrons. The molecule has 1 aliphatic rings. The highest BCUT2D eigenvalue weighted by Gasteiger charge is 2.16. The Bertz CT molecular complexity index is 392. The Labute approximate surface area is 124 Å². The smallest absolute Gasteiger partial charge is 0.0382 e. The molecule has 1 atom stereocenters. The lowest BCUT2D eigenvalue weighted by atomic mass is 10.1.